The van der Waals surface area contributed by atoms with Gasteiger partial charge in [0, 0.05) is 25.7 Å². The Hall–Kier alpha value is -1.86. The van der Waals surface area contributed by atoms with Crippen LogP contribution in [-0.4, -0.2) is 62.9 Å². The van der Waals surface area contributed by atoms with Gasteiger partial charge in [0.15, 0.2) is 5.16 Å². The van der Waals surface area contributed by atoms with Gasteiger partial charge in [0.25, 0.3) is 0 Å². The Morgan fingerprint density at radius 3 is 2.76 bits per heavy atom. The predicted octanol–water partition coefficient (Wildman–Crippen LogP) is 2.47. The molecule has 3 rings (SSSR count). The summed E-state index contributed by atoms with van der Waals surface area (Å²) in [5, 5.41) is 8.91. The molecule has 1 amide bonds. The molecule has 0 bridgehead atoms. The molecule has 25 heavy (non-hydrogen) atoms. The van der Waals surface area contributed by atoms with Gasteiger partial charge in [-0.25, -0.2) is 0 Å². The van der Waals surface area contributed by atoms with E-state index in [9.17, 15) is 4.79 Å². The summed E-state index contributed by atoms with van der Waals surface area (Å²) >= 11 is 1.47. The Bertz CT molecular complexity index is 703. The number of hydrogen-bond acceptors (Lipinski definition) is 5. The molecule has 6 nitrogen and oxygen atoms in total. The van der Waals surface area contributed by atoms with Crippen molar-refractivity contribution in [2.45, 2.75) is 31.1 Å². The van der Waals surface area contributed by atoms with E-state index >= 15 is 0 Å². The van der Waals surface area contributed by atoms with Crippen LogP contribution in [-0.2, 0) is 4.79 Å². The number of carbonyl (C=O) groups is 1. The second-order valence-corrected chi connectivity index (χ2v) is 7.62. The minimum Gasteiger partial charge on any atom is -0.332 e. The van der Waals surface area contributed by atoms with Crippen molar-refractivity contribution in [1.82, 2.24) is 24.6 Å². The zero-order valence-electron chi connectivity index (χ0n) is 15.0. The molecule has 0 unspecified atom stereocenters. The Balaban J connectivity index is 1.70. The number of benzene rings is 1. The van der Waals surface area contributed by atoms with Gasteiger partial charge in [-0.05, 0) is 26.5 Å². The van der Waals surface area contributed by atoms with Crippen molar-refractivity contribution in [3.8, 4) is 0 Å². The average molecular weight is 359 g/mol. The van der Waals surface area contributed by atoms with E-state index in [4.69, 9.17) is 0 Å². The minimum atomic E-state index is 0.107. The molecule has 1 aromatic heterocycles. The lowest BCUT2D eigenvalue weighted by Gasteiger charge is -2.40. The summed E-state index contributed by atoms with van der Waals surface area (Å²) < 4.78 is 2.00. The van der Waals surface area contributed by atoms with Crippen molar-refractivity contribution in [1.29, 1.82) is 0 Å². The lowest BCUT2D eigenvalue weighted by Crippen LogP contribution is -2.49. The van der Waals surface area contributed by atoms with Crippen LogP contribution in [0, 0.1) is 0 Å². The summed E-state index contributed by atoms with van der Waals surface area (Å²) in [4.78, 5) is 17.2. The van der Waals surface area contributed by atoms with Crippen molar-refractivity contribution in [2.75, 3.05) is 32.4 Å². The van der Waals surface area contributed by atoms with Crippen LogP contribution in [0.1, 0.15) is 31.5 Å². The second-order valence-electron chi connectivity index (χ2n) is 6.68. The maximum absolute atomic E-state index is 12.9. The van der Waals surface area contributed by atoms with E-state index in [1.54, 1.807) is 6.33 Å². The maximum Gasteiger partial charge on any atom is 0.233 e. The van der Waals surface area contributed by atoms with Crippen molar-refractivity contribution < 1.29 is 4.79 Å². The topological polar surface area (TPSA) is 54.3 Å². The minimum absolute atomic E-state index is 0.107. The first-order valence-corrected chi connectivity index (χ1v) is 9.60. The summed E-state index contributed by atoms with van der Waals surface area (Å²) in [5.41, 5.74) is 1.19. The molecule has 134 valence electrons. The van der Waals surface area contributed by atoms with E-state index < -0.39 is 0 Å². The Kier molecular flexibility index (Phi) is 5.75. The highest BCUT2D eigenvalue weighted by Crippen LogP contribution is 2.27. The Labute approximate surface area is 153 Å². The SMILES string of the molecule is CC(C)n1cnnc1SCC(=O)N1CCN(C)C[C@@H]1c1ccccc1. The number of thioether (sulfide) groups is 1. The Morgan fingerprint density at radius 2 is 2.04 bits per heavy atom. The lowest BCUT2D eigenvalue weighted by molar-refractivity contribution is -0.133. The zero-order valence-corrected chi connectivity index (χ0v) is 15.8. The first kappa shape index (κ1) is 17.9. The van der Waals surface area contributed by atoms with E-state index in [1.807, 2.05) is 27.7 Å². The molecule has 7 heteroatoms. The standard InChI is InChI=1S/C18H25N5OS/c1-14(2)23-13-19-20-18(23)25-12-17(24)22-10-9-21(3)11-16(22)15-7-5-4-6-8-15/h4-8,13-14,16H,9-12H2,1-3H3/t16-/m1/s1. The molecule has 1 aliphatic rings. The molecule has 0 radical (unpaired) electrons. The molecule has 1 aliphatic heterocycles. The van der Waals surface area contributed by atoms with Gasteiger partial charge in [0.05, 0.1) is 11.8 Å². The van der Waals surface area contributed by atoms with Crippen molar-refractivity contribution in [3.63, 3.8) is 0 Å². The number of piperazine rings is 1. The monoisotopic (exact) mass is 359 g/mol. The quantitative estimate of drug-likeness (QED) is 0.768. The third-order valence-corrected chi connectivity index (χ3v) is 5.45. The number of nitrogens with zero attached hydrogens (tertiary/aromatic N) is 5. The van der Waals surface area contributed by atoms with Crippen molar-refractivity contribution in [2.24, 2.45) is 0 Å². The van der Waals surface area contributed by atoms with Crippen LogP contribution in [0.3, 0.4) is 0 Å². The van der Waals surface area contributed by atoms with E-state index in [2.05, 4.69) is 48.1 Å². The smallest absolute Gasteiger partial charge is 0.233 e. The average Bonchev–Trinajstić information content (AvgIpc) is 3.09. The molecular formula is C18H25N5OS. The van der Waals surface area contributed by atoms with Gasteiger partial charge in [0.2, 0.25) is 5.91 Å². The summed E-state index contributed by atoms with van der Waals surface area (Å²) in [6.45, 7) is 6.69. The summed E-state index contributed by atoms with van der Waals surface area (Å²) in [7, 11) is 2.11. The number of carbonyl (C=O) groups excluding carboxylic acids is 1. The molecule has 0 saturated carbocycles. The first-order chi connectivity index (χ1) is 12.1. The maximum atomic E-state index is 12.9. The van der Waals surface area contributed by atoms with Crippen molar-refractivity contribution in [3.05, 3.63) is 42.2 Å². The van der Waals surface area contributed by atoms with Gasteiger partial charge < -0.3 is 14.4 Å². The molecule has 0 spiro atoms. The third-order valence-electron chi connectivity index (χ3n) is 4.51. The summed E-state index contributed by atoms with van der Waals surface area (Å²) in [6, 6.07) is 10.7. The van der Waals surface area contributed by atoms with E-state index in [0.29, 0.717) is 5.75 Å². The van der Waals surface area contributed by atoms with E-state index in [-0.39, 0.29) is 18.0 Å². The number of likely N-dealkylation sites (N-methyl/N-ethyl adjacent to an activating group) is 1. The highest BCUT2D eigenvalue weighted by molar-refractivity contribution is 7.99. The van der Waals surface area contributed by atoms with Crippen LogP contribution in [0.5, 0.6) is 0 Å². The molecule has 1 fully saturated rings. The normalized spacial score (nSPS) is 18.7. The van der Waals surface area contributed by atoms with Crippen molar-refractivity contribution >= 4 is 17.7 Å². The van der Waals surface area contributed by atoms with Gasteiger partial charge >= 0.3 is 0 Å². The Morgan fingerprint density at radius 1 is 1.28 bits per heavy atom. The fourth-order valence-corrected chi connectivity index (χ4v) is 4.01. The molecule has 1 aromatic carbocycles. The number of hydrogen-bond donors (Lipinski definition) is 0. The molecule has 2 aromatic rings. The van der Waals surface area contributed by atoms with Crippen LogP contribution < -0.4 is 0 Å². The van der Waals surface area contributed by atoms with Gasteiger partial charge in [0.1, 0.15) is 6.33 Å². The van der Waals surface area contributed by atoms with Gasteiger partial charge in [-0.1, -0.05) is 42.1 Å². The largest absolute Gasteiger partial charge is 0.332 e. The van der Waals surface area contributed by atoms with Crippen LogP contribution in [0.2, 0.25) is 0 Å². The second kappa shape index (κ2) is 8.01. The fraction of sp³-hybridized carbons (Fsp3) is 0.500. The molecule has 1 atom stereocenters. The van der Waals surface area contributed by atoms with Crippen LogP contribution in [0.25, 0.3) is 0 Å². The molecular weight excluding hydrogens is 334 g/mol. The summed E-state index contributed by atoms with van der Waals surface area (Å²) in [6.07, 6.45) is 1.72. The van der Waals surface area contributed by atoms with Crippen LogP contribution >= 0.6 is 11.8 Å². The highest BCUT2D eigenvalue weighted by atomic mass is 32.2. The van der Waals surface area contributed by atoms with Gasteiger partial charge in [-0.15, -0.1) is 10.2 Å². The van der Waals surface area contributed by atoms with Crippen LogP contribution in [0.4, 0.5) is 0 Å². The summed E-state index contributed by atoms with van der Waals surface area (Å²) in [5.74, 6) is 0.545. The molecule has 1 saturated heterocycles. The number of aromatic nitrogens is 3. The zero-order chi connectivity index (χ0) is 17.8. The van der Waals surface area contributed by atoms with Crippen LogP contribution in [0.15, 0.2) is 41.8 Å². The number of rotatable bonds is 5. The fourth-order valence-electron chi connectivity index (χ4n) is 3.08. The molecule has 0 aliphatic carbocycles. The van der Waals surface area contributed by atoms with E-state index in [0.717, 1.165) is 24.8 Å². The van der Waals surface area contributed by atoms with E-state index in [1.165, 1.54) is 17.3 Å². The van der Waals surface area contributed by atoms with Gasteiger partial charge in [-0.3, -0.25) is 4.79 Å². The predicted molar refractivity (Wildman–Crippen MR) is 99.5 cm³/mol. The lowest BCUT2D eigenvalue weighted by atomic mass is 10.0. The van der Waals surface area contributed by atoms with Gasteiger partial charge in [-0.2, -0.15) is 0 Å². The first-order valence-electron chi connectivity index (χ1n) is 8.61. The highest BCUT2D eigenvalue weighted by Gasteiger charge is 2.30. The molecule has 0 N–H and O–H groups in total. The molecule has 2 heterocycles. The third kappa shape index (κ3) is 4.22. The number of amides is 1.